The molecule has 0 amide bonds. The molecule has 4 nitrogen and oxygen atoms in total. The van der Waals surface area contributed by atoms with Gasteiger partial charge < -0.3 is 15.0 Å². The number of nitrogens with zero attached hydrogens (tertiary/aromatic N) is 2. The van der Waals surface area contributed by atoms with E-state index in [4.69, 9.17) is 4.74 Å². The van der Waals surface area contributed by atoms with Gasteiger partial charge in [0.05, 0.1) is 12.7 Å². The zero-order valence-corrected chi connectivity index (χ0v) is 12.0. The van der Waals surface area contributed by atoms with Crippen LogP contribution in [0.4, 0.5) is 0 Å². The molecular weight excluding hydrogens is 226 g/mol. The van der Waals surface area contributed by atoms with Crippen molar-refractivity contribution >= 4 is 0 Å². The van der Waals surface area contributed by atoms with Crippen LogP contribution >= 0.6 is 0 Å². The Bertz CT molecular complexity index is 227. The molecule has 0 radical (unpaired) electrons. The van der Waals surface area contributed by atoms with Crippen molar-refractivity contribution in [3.05, 3.63) is 0 Å². The third kappa shape index (κ3) is 3.92. The normalized spacial score (nSPS) is 28.7. The van der Waals surface area contributed by atoms with Gasteiger partial charge in [-0.3, -0.25) is 4.90 Å². The van der Waals surface area contributed by atoms with Crippen LogP contribution in [0.5, 0.6) is 0 Å². The summed E-state index contributed by atoms with van der Waals surface area (Å²) in [6.07, 6.45) is 4.35. The summed E-state index contributed by atoms with van der Waals surface area (Å²) in [5.74, 6) is 0. The van der Waals surface area contributed by atoms with Gasteiger partial charge in [-0.25, -0.2) is 0 Å². The smallest absolute Gasteiger partial charge is 0.0826 e. The zero-order valence-electron chi connectivity index (χ0n) is 12.0. The van der Waals surface area contributed by atoms with Crippen molar-refractivity contribution in [2.75, 3.05) is 52.9 Å². The monoisotopic (exact) mass is 255 g/mol. The molecule has 1 N–H and O–H groups in total. The Morgan fingerprint density at radius 2 is 2.00 bits per heavy atom. The number of likely N-dealkylation sites (N-methyl/N-ethyl adjacent to an activating group) is 1. The summed E-state index contributed by atoms with van der Waals surface area (Å²) in [4.78, 5) is 5.27. The Labute approximate surface area is 112 Å². The maximum atomic E-state index is 5.78. The second-order valence-corrected chi connectivity index (χ2v) is 5.62. The predicted octanol–water partition coefficient (Wildman–Crippen LogP) is 0.781. The van der Waals surface area contributed by atoms with E-state index in [2.05, 4.69) is 22.0 Å². The molecule has 2 aliphatic rings. The summed E-state index contributed by atoms with van der Waals surface area (Å²) in [5.41, 5.74) is 0. The summed E-state index contributed by atoms with van der Waals surface area (Å²) in [7, 11) is 2.01. The number of ether oxygens (including phenoxy) is 1. The van der Waals surface area contributed by atoms with E-state index in [1.165, 1.54) is 38.9 Å². The zero-order chi connectivity index (χ0) is 12.8. The van der Waals surface area contributed by atoms with Crippen LogP contribution < -0.4 is 5.32 Å². The highest BCUT2D eigenvalue weighted by molar-refractivity contribution is 4.83. The molecule has 1 unspecified atom stereocenters. The molecule has 0 aromatic heterocycles. The molecule has 4 heteroatoms. The summed E-state index contributed by atoms with van der Waals surface area (Å²) in [6, 6.07) is 0.793. The second kappa shape index (κ2) is 7.43. The van der Waals surface area contributed by atoms with Crippen LogP contribution in [-0.2, 0) is 4.74 Å². The Balaban J connectivity index is 1.75. The number of piperidine rings is 1. The Morgan fingerprint density at radius 1 is 1.22 bits per heavy atom. The molecule has 106 valence electrons. The summed E-state index contributed by atoms with van der Waals surface area (Å²) in [6.45, 7) is 10.2. The summed E-state index contributed by atoms with van der Waals surface area (Å²) < 4.78 is 5.78. The van der Waals surface area contributed by atoms with Gasteiger partial charge in [-0.1, -0.05) is 6.92 Å². The standard InChI is InChI=1S/C14H29N3O/c1-3-6-16-7-4-13(5-8-16)17-9-10-18-14(12-17)11-15-2/h13-15H,3-12H2,1-2H3. The molecule has 2 heterocycles. The van der Waals surface area contributed by atoms with Crippen molar-refractivity contribution in [2.24, 2.45) is 0 Å². The van der Waals surface area contributed by atoms with Crippen molar-refractivity contribution in [1.82, 2.24) is 15.1 Å². The van der Waals surface area contributed by atoms with E-state index in [1.807, 2.05) is 7.05 Å². The van der Waals surface area contributed by atoms with Gasteiger partial charge in [-0.15, -0.1) is 0 Å². The van der Waals surface area contributed by atoms with Crippen molar-refractivity contribution < 1.29 is 4.74 Å². The van der Waals surface area contributed by atoms with E-state index in [0.717, 1.165) is 32.3 Å². The predicted molar refractivity (Wildman–Crippen MR) is 75.0 cm³/mol. The molecule has 0 aromatic rings. The average molecular weight is 255 g/mol. The van der Waals surface area contributed by atoms with Gasteiger partial charge in [0.15, 0.2) is 0 Å². The van der Waals surface area contributed by atoms with Crippen molar-refractivity contribution in [2.45, 2.75) is 38.3 Å². The Kier molecular flexibility index (Phi) is 5.89. The van der Waals surface area contributed by atoms with Crippen LogP contribution in [0.2, 0.25) is 0 Å². The lowest BCUT2D eigenvalue weighted by Crippen LogP contribution is -2.53. The molecule has 2 saturated heterocycles. The van der Waals surface area contributed by atoms with E-state index >= 15 is 0 Å². The number of nitrogens with one attached hydrogen (secondary N) is 1. The Morgan fingerprint density at radius 3 is 2.67 bits per heavy atom. The van der Waals surface area contributed by atoms with E-state index in [0.29, 0.717) is 6.10 Å². The minimum atomic E-state index is 0.387. The van der Waals surface area contributed by atoms with Gasteiger partial charge in [0.2, 0.25) is 0 Å². The maximum absolute atomic E-state index is 5.78. The lowest BCUT2D eigenvalue weighted by molar-refractivity contribution is -0.0498. The number of rotatable bonds is 5. The average Bonchev–Trinajstić information content (AvgIpc) is 2.41. The van der Waals surface area contributed by atoms with Crippen LogP contribution in [0, 0.1) is 0 Å². The first-order valence-corrected chi connectivity index (χ1v) is 7.56. The molecule has 2 aliphatic heterocycles. The van der Waals surface area contributed by atoms with Crippen LogP contribution in [0.3, 0.4) is 0 Å². The summed E-state index contributed by atoms with van der Waals surface area (Å²) in [5, 5.41) is 3.22. The fraction of sp³-hybridized carbons (Fsp3) is 1.00. The van der Waals surface area contributed by atoms with Crippen molar-refractivity contribution in [3.63, 3.8) is 0 Å². The molecule has 0 aromatic carbocycles. The molecule has 0 bridgehead atoms. The van der Waals surface area contributed by atoms with Crippen molar-refractivity contribution in [3.8, 4) is 0 Å². The quantitative estimate of drug-likeness (QED) is 0.786. The lowest BCUT2D eigenvalue weighted by atomic mass is 10.0. The van der Waals surface area contributed by atoms with Gasteiger partial charge >= 0.3 is 0 Å². The third-order valence-corrected chi connectivity index (χ3v) is 4.22. The highest BCUT2D eigenvalue weighted by Gasteiger charge is 2.28. The van der Waals surface area contributed by atoms with Crippen LogP contribution in [0.25, 0.3) is 0 Å². The first kappa shape index (κ1) is 14.3. The molecule has 2 rings (SSSR count). The fourth-order valence-corrected chi connectivity index (χ4v) is 3.25. The minimum absolute atomic E-state index is 0.387. The molecule has 18 heavy (non-hydrogen) atoms. The van der Waals surface area contributed by atoms with Gasteiger partial charge in [-0.05, 0) is 45.9 Å². The number of morpholine rings is 1. The van der Waals surface area contributed by atoms with Crippen LogP contribution in [0.1, 0.15) is 26.2 Å². The molecule has 0 aliphatic carbocycles. The molecule has 0 saturated carbocycles. The first-order chi connectivity index (χ1) is 8.83. The second-order valence-electron chi connectivity index (χ2n) is 5.62. The Hall–Kier alpha value is -0.160. The lowest BCUT2D eigenvalue weighted by Gasteiger charge is -2.42. The van der Waals surface area contributed by atoms with Crippen LogP contribution in [0.15, 0.2) is 0 Å². The molecule has 0 spiro atoms. The SMILES string of the molecule is CCCN1CCC(N2CCOC(CNC)C2)CC1. The molecular formula is C14H29N3O. The fourth-order valence-electron chi connectivity index (χ4n) is 3.25. The largest absolute Gasteiger partial charge is 0.374 e. The van der Waals surface area contributed by atoms with Gasteiger partial charge in [0, 0.05) is 25.7 Å². The van der Waals surface area contributed by atoms with Gasteiger partial charge in [0.1, 0.15) is 0 Å². The topological polar surface area (TPSA) is 27.7 Å². The molecule has 1 atom stereocenters. The molecule has 2 fully saturated rings. The number of hydrogen-bond donors (Lipinski definition) is 1. The van der Waals surface area contributed by atoms with Gasteiger partial charge in [-0.2, -0.15) is 0 Å². The van der Waals surface area contributed by atoms with E-state index in [-0.39, 0.29) is 0 Å². The minimum Gasteiger partial charge on any atom is -0.374 e. The van der Waals surface area contributed by atoms with E-state index in [9.17, 15) is 0 Å². The number of likely N-dealkylation sites (tertiary alicyclic amines) is 1. The highest BCUT2D eigenvalue weighted by atomic mass is 16.5. The van der Waals surface area contributed by atoms with E-state index < -0.39 is 0 Å². The van der Waals surface area contributed by atoms with E-state index in [1.54, 1.807) is 0 Å². The first-order valence-electron chi connectivity index (χ1n) is 7.56. The van der Waals surface area contributed by atoms with Gasteiger partial charge in [0.25, 0.3) is 0 Å². The third-order valence-electron chi connectivity index (χ3n) is 4.22. The van der Waals surface area contributed by atoms with Crippen molar-refractivity contribution in [1.29, 1.82) is 0 Å². The van der Waals surface area contributed by atoms with Crippen LogP contribution in [-0.4, -0.2) is 74.9 Å². The maximum Gasteiger partial charge on any atom is 0.0826 e. The summed E-state index contributed by atoms with van der Waals surface area (Å²) >= 11 is 0. The highest BCUT2D eigenvalue weighted by Crippen LogP contribution is 2.19. The number of hydrogen-bond acceptors (Lipinski definition) is 4.